The molecular formula is C23H40BN7O7. The number of amides is 7. The van der Waals surface area contributed by atoms with Crippen LogP contribution in [0, 0.1) is 0 Å². The Bertz CT molecular complexity index is 826. The minimum atomic E-state index is -0.648. The predicted molar refractivity (Wildman–Crippen MR) is 139 cm³/mol. The summed E-state index contributed by atoms with van der Waals surface area (Å²) in [6.45, 7) is 3.59. The first-order chi connectivity index (χ1) is 18.0. The van der Waals surface area contributed by atoms with Gasteiger partial charge in [-0.1, -0.05) is 13.8 Å². The molecule has 0 aromatic carbocycles. The Hall–Kier alpha value is -3.65. The normalized spacial score (nSPS) is 10.2. The lowest BCUT2D eigenvalue weighted by molar-refractivity contribution is -0.135. The third-order valence-corrected chi connectivity index (χ3v) is 5.10. The summed E-state index contributed by atoms with van der Waals surface area (Å²) in [5.41, 5.74) is 5.16. The van der Waals surface area contributed by atoms with Crippen LogP contribution in [0.15, 0.2) is 0 Å². The molecule has 38 heavy (non-hydrogen) atoms. The second kappa shape index (κ2) is 20.4. The van der Waals surface area contributed by atoms with Gasteiger partial charge in [0.15, 0.2) is 0 Å². The maximum Gasteiger partial charge on any atom is 0.239 e. The number of carbonyl (C=O) groups is 7. The number of nitrogens with one attached hydrogen (secondary N) is 4. The van der Waals surface area contributed by atoms with Crippen molar-refractivity contribution < 1.29 is 33.6 Å². The summed E-state index contributed by atoms with van der Waals surface area (Å²) < 4.78 is 0. The summed E-state index contributed by atoms with van der Waals surface area (Å²) in [5, 5.41) is 10.3. The van der Waals surface area contributed by atoms with Gasteiger partial charge in [-0.25, -0.2) is 0 Å². The van der Waals surface area contributed by atoms with Gasteiger partial charge in [0.1, 0.15) is 0 Å². The molecule has 0 saturated heterocycles. The van der Waals surface area contributed by atoms with Crippen LogP contribution in [0.3, 0.4) is 0 Å². The first-order valence-corrected chi connectivity index (χ1v) is 12.6. The highest BCUT2D eigenvalue weighted by molar-refractivity contribution is 6.19. The Morgan fingerprint density at radius 2 is 1.11 bits per heavy atom. The largest absolute Gasteiger partial charge is 0.368 e. The Balaban J connectivity index is 4.37. The average Bonchev–Trinajstić information content (AvgIpc) is 2.86. The highest BCUT2D eigenvalue weighted by Gasteiger charge is 2.17. The Morgan fingerprint density at radius 1 is 0.632 bits per heavy atom. The van der Waals surface area contributed by atoms with Crippen LogP contribution in [-0.2, 0) is 33.6 Å². The number of rotatable bonds is 20. The van der Waals surface area contributed by atoms with E-state index >= 15 is 0 Å². The average molecular weight is 537 g/mol. The van der Waals surface area contributed by atoms with Crippen molar-refractivity contribution in [2.45, 2.75) is 52.3 Å². The van der Waals surface area contributed by atoms with Gasteiger partial charge in [0, 0.05) is 65.0 Å². The highest BCUT2D eigenvalue weighted by Crippen LogP contribution is 1.97. The van der Waals surface area contributed by atoms with Crippen LogP contribution < -0.4 is 27.0 Å². The first-order valence-electron chi connectivity index (χ1n) is 12.6. The molecule has 0 aromatic heterocycles. The highest BCUT2D eigenvalue weighted by atomic mass is 16.2. The number of hydrogen-bond donors (Lipinski definition) is 5. The third-order valence-electron chi connectivity index (χ3n) is 5.10. The van der Waals surface area contributed by atoms with Crippen molar-refractivity contribution in [3.8, 4) is 0 Å². The Kier molecular flexibility index (Phi) is 18.5. The van der Waals surface area contributed by atoms with Crippen molar-refractivity contribution in [1.29, 1.82) is 0 Å². The van der Waals surface area contributed by atoms with E-state index < -0.39 is 17.7 Å². The minimum Gasteiger partial charge on any atom is -0.368 e. The topological polar surface area (TPSA) is 200 Å². The van der Waals surface area contributed by atoms with E-state index in [1.54, 1.807) is 6.92 Å². The number of nitrogens with two attached hydrogens (primary N) is 1. The lowest BCUT2D eigenvalue weighted by Crippen LogP contribution is -2.45. The molecule has 0 unspecified atom stereocenters. The first kappa shape index (κ1) is 34.4. The molecule has 0 aromatic rings. The van der Waals surface area contributed by atoms with Crippen molar-refractivity contribution in [2.75, 3.05) is 52.4 Å². The fourth-order valence-corrected chi connectivity index (χ4v) is 3.10. The van der Waals surface area contributed by atoms with Gasteiger partial charge >= 0.3 is 0 Å². The summed E-state index contributed by atoms with van der Waals surface area (Å²) in [6.07, 6.45) is 0.922. The van der Waals surface area contributed by atoms with Crippen molar-refractivity contribution in [3.05, 3.63) is 0 Å². The molecule has 0 aliphatic carbocycles. The second-order valence-electron chi connectivity index (χ2n) is 8.30. The van der Waals surface area contributed by atoms with E-state index in [4.69, 9.17) is 13.6 Å². The standard InChI is InChI=1S/C23H40BN7O7/c1-3-5-22(37)30(15-17(25)32)12-10-28-20(35)7-9-27-21(36)16-31(23(38)14-24)13-11-29-19(34)6-8-26-18(33)4-2/h3-16H2,1-2H3,(H2,25,32)(H,26,33)(H,27,36)(H,28,35)(H,29,34). The molecule has 15 heteroatoms. The zero-order chi connectivity index (χ0) is 28.9. The van der Waals surface area contributed by atoms with Gasteiger partial charge in [-0.05, 0) is 12.7 Å². The fraction of sp³-hybridized carbons (Fsp3) is 0.696. The summed E-state index contributed by atoms with van der Waals surface area (Å²) in [5.74, 6) is -2.72. The molecule has 0 aliphatic heterocycles. The van der Waals surface area contributed by atoms with Gasteiger partial charge in [-0.15, -0.1) is 0 Å². The Morgan fingerprint density at radius 3 is 1.55 bits per heavy atom. The van der Waals surface area contributed by atoms with Crippen LogP contribution in [0.1, 0.15) is 46.0 Å². The molecule has 0 heterocycles. The molecule has 0 bridgehead atoms. The Labute approximate surface area is 224 Å². The number of nitrogens with zero attached hydrogens (tertiary/aromatic N) is 2. The quantitative estimate of drug-likeness (QED) is 0.103. The van der Waals surface area contributed by atoms with Crippen LogP contribution in [0.25, 0.3) is 0 Å². The zero-order valence-corrected chi connectivity index (χ0v) is 22.3. The SMILES string of the molecule is [B]CC(=O)N(CCNC(=O)CCNC(=O)CC)CC(=O)NCCC(=O)NCCN(CC(N)=O)C(=O)CCC. The van der Waals surface area contributed by atoms with E-state index in [1.807, 2.05) is 6.92 Å². The molecule has 7 amide bonds. The summed E-state index contributed by atoms with van der Waals surface area (Å²) >= 11 is 0. The zero-order valence-electron chi connectivity index (χ0n) is 22.3. The van der Waals surface area contributed by atoms with E-state index in [0.717, 1.165) is 0 Å². The second-order valence-corrected chi connectivity index (χ2v) is 8.30. The molecule has 0 saturated carbocycles. The maximum absolute atomic E-state index is 12.2. The van der Waals surface area contributed by atoms with Gasteiger partial charge in [0.05, 0.1) is 20.9 Å². The molecule has 14 nitrogen and oxygen atoms in total. The van der Waals surface area contributed by atoms with Gasteiger partial charge in [0.2, 0.25) is 41.4 Å². The fourth-order valence-electron chi connectivity index (χ4n) is 3.10. The molecular weight excluding hydrogens is 497 g/mol. The smallest absolute Gasteiger partial charge is 0.239 e. The minimum absolute atomic E-state index is 0.00923. The van der Waals surface area contributed by atoms with Crippen LogP contribution in [0.4, 0.5) is 0 Å². The van der Waals surface area contributed by atoms with Crippen LogP contribution in [0.2, 0.25) is 6.32 Å². The molecule has 2 radical (unpaired) electrons. The third kappa shape index (κ3) is 16.9. The van der Waals surface area contributed by atoms with Crippen molar-refractivity contribution in [1.82, 2.24) is 31.1 Å². The van der Waals surface area contributed by atoms with Gasteiger partial charge < -0.3 is 36.8 Å². The van der Waals surface area contributed by atoms with E-state index in [9.17, 15) is 33.6 Å². The van der Waals surface area contributed by atoms with Crippen molar-refractivity contribution in [3.63, 3.8) is 0 Å². The maximum atomic E-state index is 12.2. The molecule has 212 valence electrons. The summed E-state index contributed by atoms with van der Waals surface area (Å²) in [7, 11) is 5.40. The molecule has 0 spiro atoms. The molecule has 0 atom stereocenters. The monoisotopic (exact) mass is 537 g/mol. The number of primary amides is 1. The van der Waals surface area contributed by atoms with E-state index in [0.29, 0.717) is 12.8 Å². The van der Waals surface area contributed by atoms with Crippen molar-refractivity contribution in [2.24, 2.45) is 5.73 Å². The lowest BCUT2D eigenvalue weighted by Gasteiger charge is -2.22. The summed E-state index contributed by atoms with van der Waals surface area (Å²) in [4.78, 5) is 85.0. The van der Waals surface area contributed by atoms with E-state index in [1.165, 1.54) is 9.80 Å². The van der Waals surface area contributed by atoms with Gasteiger partial charge in [-0.3, -0.25) is 33.6 Å². The molecule has 0 fully saturated rings. The molecule has 0 rings (SSSR count). The van der Waals surface area contributed by atoms with Crippen LogP contribution >= 0.6 is 0 Å². The molecule has 6 N–H and O–H groups in total. The summed E-state index contributed by atoms with van der Waals surface area (Å²) in [6, 6.07) is 0. The van der Waals surface area contributed by atoms with E-state index in [2.05, 4.69) is 21.3 Å². The van der Waals surface area contributed by atoms with E-state index in [-0.39, 0.29) is 102 Å². The predicted octanol–water partition coefficient (Wildman–Crippen LogP) is -2.83. The van der Waals surface area contributed by atoms with Crippen molar-refractivity contribution >= 4 is 49.2 Å². The van der Waals surface area contributed by atoms with Gasteiger partial charge in [-0.2, -0.15) is 0 Å². The van der Waals surface area contributed by atoms with Crippen LogP contribution in [0.5, 0.6) is 0 Å². The number of carbonyl (C=O) groups excluding carboxylic acids is 7. The van der Waals surface area contributed by atoms with Gasteiger partial charge in [0.25, 0.3) is 0 Å². The number of hydrogen-bond acceptors (Lipinski definition) is 7. The lowest BCUT2D eigenvalue weighted by atomic mass is 10.0. The van der Waals surface area contributed by atoms with Crippen LogP contribution in [-0.4, -0.2) is 111 Å². The molecule has 0 aliphatic rings.